The maximum atomic E-state index is 13.1. The number of rotatable bonds is 9. The molecule has 0 saturated heterocycles. The second kappa shape index (κ2) is 10.5. The molecule has 0 bridgehead atoms. The van der Waals surface area contributed by atoms with Gasteiger partial charge in [-0.1, -0.05) is 26.0 Å². The van der Waals surface area contributed by atoms with E-state index in [0.717, 1.165) is 5.56 Å². The average molecular weight is 428 g/mol. The van der Waals surface area contributed by atoms with Crippen molar-refractivity contribution < 1.29 is 23.9 Å². The third-order valence-electron chi connectivity index (χ3n) is 4.84. The van der Waals surface area contributed by atoms with Crippen molar-refractivity contribution in [2.24, 2.45) is 11.7 Å². The van der Waals surface area contributed by atoms with E-state index in [-0.39, 0.29) is 18.4 Å². The molecule has 166 valence electrons. The Labute approximate surface area is 182 Å². The largest absolute Gasteiger partial charge is 0.497 e. The van der Waals surface area contributed by atoms with Crippen LogP contribution < -0.4 is 20.5 Å². The first-order valence-corrected chi connectivity index (χ1v) is 9.84. The highest BCUT2D eigenvalue weighted by Crippen LogP contribution is 2.23. The van der Waals surface area contributed by atoms with Gasteiger partial charge in [-0.3, -0.25) is 14.4 Å². The first-order chi connectivity index (χ1) is 14.7. The van der Waals surface area contributed by atoms with Crippen LogP contribution in [0.4, 0.5) is 0 Å². The molecule has 2 aromatic rings. The molecule has 0 radical (unpaired) electrons. The standard InChI is InChI=1S/C23H29N3O5/c1-14(2)20(25-22(28)17-10-18(30-4)12-19(11-17)31-5)23(29)26(3)13-15-7-6-8-16(9-15)21(24)27/h6-12,14,20H,13H2,1-5H3,(H2,24,27)(H,25,28). The van der Waals surface area contributed by atoms with Gasteiger partial charge in [0.2, 0.25) is 11.8 Å². The number of nitrogens with zero attached hydrogens (tertiary/aromatic N) is 1. The number of hydrogen-bond acceptors (Lipinski definition) is 5. The molecule has 0 heterocycles. The monoisotopic (exact) mass is 427 g/mol. The Bertz CT molecular complexity index is 936. The van der Waals surface area contributed by atoms with Gasteiger partial charge in [0.25, 0.3) is 5.91 Å². The Morgan fingerprint density at radius 2 is 1.61 bits per heavy atom. The van der Waals surface area contributed by atoms with Crippen LogP contribution in [-0.4, -0.2) is 49.9 Å². The minimum atomic E-state index is -0.742. The highest BCUT2D eigenvalue weighted by atomic mass is 16.5. The number of carbonyl (C=O) groups is 3. The van der Waals surface area contributed by atoms with E-state index in [1.807, 2.05) is 19.9 Å². The minimum absolute atomic E-state index is 0.150. The molecule has 2 rings (SSSR count). The number of likely N-dealkylation sites (N-methyl/N-ethyl adjacent to an activating group) is 1. The highest BCUT2D eigenvalue weighted by Gasteiger charge is 2.28. The van der Waals surface area contributed by atoms with Gasteiger partial charge >= 0.3 is 0 Å². The molecule has 0 spiro atoms. The van der Waals surface area contributed by atoms with Crippen molar-refractivity contribution in [3.63, 3.8) is 0 Å². The number of hydrogen-bond donors (Lipinski definition) is 2. The van der Waals surface area contributed by atoms with E-state index in [4.69, 9.17) is 15.2 Å². The quantitative estimate of drug-likeness (QED) is 0.637. The Balaban J connectivity index is 2.17. The van der Waals surface area contributed by atoms with E-state index in [2.05, 4.69) is 5.32 Å². The molecular formula is C23H29N3O5. The van der Waals surface area contributed by atoms with Crippen molar-refractivity contribution in [3.8, 4) is 11.5 Å². The second-order valence-corrected chi connectivity index (χ2v) is 7.56. The van der Waals surface area contributed by atoms with Crippen LogP contribution >= 0.6 is 0 Å². The van der Waals surface area contributed by atoms with Gasteiger partial charge < -0.3 is 25.4 Å². The maximum Gasteiger partial charge on any atom is 0.252 e. The molecule has 0 aliphatic heterocycles. The number of primary amides is 1. The van der Waals surface area contributed by atoms with E-state index < -0.39 is 17.9 Å². The first-order valence-electron chi connectivity index (χ1n) is 9.84. The molecule has 0 aliphatic rings. The van der Waals surface area contributed by atoms with Gasteiger partial charge in [0.05, 0.1) is 14.2 Å². The molecule has 31 heavy (non-hydrogen) atoms. The lowest BCUT2D eigenvalue weighted by molar-refractivity contribution is -0.133. The van der Waals surface area contributed by atoms with E-state index in [9.17, 15) is 14.4 Å². The Kier molecular flexibility index (Phi) is 8.01. The minimum Gasteiger partial charge on any atom is -0.497 e. The smallest absolute Gasteiger partial charge is 0.252 e. The molecule has 3 N–H and O–H groups in total. The zero-order valence-corrected chi connectivity index (χ0v) is 18.5. The van der Waals surface area contributed by atoms with Crippen LogP contribution in [0.5, 0.6) is 11.5 Å². The van der Waals surface area contributed by atoms with Crippen molar-refractivity contribution in [1.29, 1.82) is 0 Å². The third kappa shape index (κ3) is 6.21. The van der Waals surface area contributed by atoms with Crippen molar-refractivity contribution in [2.75, 3.05) is 21.3 Å². The Hall–Kier alpha value is -3.55. The van der Waals surface area contributed by atoms with Crippen LogP contribution in [0, 0.1) is 5.92 Å². The van der Waals surface area contributed by atoms with Crippen LogP contribution in [0.25, 0.3) is 0 Å². The third-order valence-corrected chi connectivity index (χ3v) is 4.84. The number of ether oxygens (including phenoxy) is 2. The number of methoxy groups -OCH3 is 2. The van der Waals surface area contributed by atoms with Crippen LogP contribution in [0.3, 0.4) is 0 Å². The summed E-state index contributed by atoms with van der Waals surface area (Å²) in [4.78, 5) is 38.9. The summed E-state index contributed by atoms with van der Waals surface area (Å²) in [5, 5.41) is 2.82. The van der Waals surface area contributed by atoms with Gasteiger partial charge in [0, 0.05) is 30.8 Å². The summed E-state index contributed by atoms with van der Waals surface area (Å²) in [6.07, 6.45) is 0. The fourth-order valence-corrected chi connectivity index (χ4v) is 3.09. The summed E-state index contributed by atoms with van der Waals surface area (Å²) in [5.74, 6) is -0.386. The molecule has 0 aliphatic carbocycles. The van der Waals surface area contributed by atoms with Crippen molar-refractivity contribution in [3.05, 3.63) is 59.2 Å². The Morgan fingerprint density at radius 1 is 1.00 bits per heavy atom. The summed E-state index contributed by atoms with van der Waals surface area (Å²) in [7, 11) is 4.65. The average Bonchev–Trinajstić information content (AvgIpc) is 2.76. The zero-order chi connectivity index (χ0) is 23.1. The molecule has 1 unspecified atom stereocenters. The molecule has 1 atom stereocenters. The lowest BCUT2D eigenvalue weighted by Gasteiger charge is -2.27. The molecule has 2 aromatic carbocycles. The lowest BCUT2D eigenvalue weighted by atomic mass is 10.0. The van der Waals surface area contributed by atoms with Gasteiger partial charge in [0.15, 0.2) is 0 Å². The predicted octanol–water partition coefficient (Wildman–Crippen LogP) is 2.22. The summed E-state index contributed by atoms with van der Waals surface area (Å²) in [6, 6.07) is 10.9. The number of carbonyl (C=O) groups excluding carboxylic acids is 3. The van der Waals surface area contributed by atoms with Crippen LogP contribution in [0.2, 0.25) is 0 Å². The fraction of sp³-hybridized carbons (Fsp3) is 0.348. The van der Waals surface area contributed by atoms with Crippen LogP contribution in [0.1, 0.15) is 40.1 Å². The van der Waals surface area contributed by atoms with E-state index in [1.54, 1.807) is 43.4 Å². The van der Waals surface area contributed by atoms with E-state index in [1.165, 1.54) is 19.1 Å². The number of nitrogens with one attached hydrogen (secondary N) is 1. The summed E-state index contributed by atoms with van der Waals surface area (Å²) in [5.41, 5.74) is 6.79. The highest BCUT2D eigenvalue weighted by molar-refractivity contribution is 5.98. The van der Waals surface area contributed by atoms with Gasteiger partial charge in [-0.2, -0.15) is 0 Å². The predicted molar refractivity (Wildman–Crippen MR) is 117 cm³/mol. The number of amides is 3. The molecule has 8 heteroatoms. The molecular weight excluding hydrogens is 398 g/mol. The molecule has 0 aromatic heterocycles. The maximum absolute atomic E-state index is 13.1. The molecule has 8 nitrogen and oxygen atoms in total. The number of nitrogens with two attached hydrogens (primary N) is 1. The van der Waals surface area contributed by atoms with Crippen molar-refractivity contribution in [2.45, 2.75) is 26.4 Å². The normalized spacial score (nSPS) is 11.5. The molecule has 0 fully saturated rings. The summed E-state index contributed by atoms with van der Waals surface area (Å²) < 4.78 is 10.4. The van der Waals surface area contributed by atoms with Gasteiger partial charge in [0.1, 0.15) is 17.5 Å². The zero-order valence-electron chi connectivity index (χ0n) is 18.5. The van der Waals surface area contributed by atoms with Crippen LogP contribution in [-0.2, 0) is 11.3 Å². The second-order valence-electron chi connectivity index (χ2n) is 7.56. The van der Waals surface area contributed by atoms with Crippen molar-refractivity contribution in [1.82, 2.24) is 10.2 Å². The van der Waals surface area contributed by atoms with Crippen LogP contribution in [0.15, 0.2) is 42.5 Å². The summed E-state index contributed by atoms with van der Waals surface area (Å²) in [6.45, 7) is 3.99. The Morgan fingerprint density at radius 3 is 2.13 bits per heavy atom. The summed E-state index contributed by atoms with van der Waals surface area (Å²) >= 11 is 0. The molecule has 3 amide bonds. The van der Waals surface area contributed by atoms with Gasteiger partial charge in [-0.05, 0) is 35.7 Å². The fourth-order valence-electron chi connectivity index (χ4n) is 3.09. The van der Waals surface area contributed by atoms with Crippen molar-refractivity contribution >= 4 is 17.7 Å². The van der Waals surface area contributed by atoms with E-state index in [0.29, 0.717) is 22.6 Å². The van der Waals surface area contributed by atoms with Gasteiger partial charge in [-0.25, -0.2) is 0 Å². The van der Waals surface area contributed by atoms with Gasteiger partial charge in [-0.15, -0.1) is 0 Å². The first kappa shape index (κ1) is 23.7. The lowest BCUT2D eigenvalue weighted by Crippen LogP contribution is -2.50. The SMILES string of the molecule is COc1cc(OC)cc(C(=O)NC(C(=O)N(C)Cc2cccc(C(N)=O)c2)C(C)C)c1. The molecule has 0 saturated carbocycles. The van der Waals surface area contributed by atoms with E-state index >= 15 is 0 Å². The topological polar surface area (TPSA) is 111 Å². The number of benzene rings is 2.